The molecule has 1 aliphatic carbocycles. The van der Waals surface area contributed by atoms with Crippen molar-refractivity contribution in [3.05, 3.63) is 48.0 Å². The van der Waals surface area contributed by atoms with Crippen molar-refractivity contribution in [1.82, 2.24) is 15.6 Å². The normalized spacial score (nSPS) is 28.1. The Morgan fingerprint density at radius 3 is 2.81 bits per heavy atom. The first-order valence-electron chi connectivity index (χ1n) is 10.5. The number of pyridine rings is 1. The summed E-state index contributed by atoms with van der Waals surface area (Å²) in [7, 11) is 0. The molecule has 3 heterocycles. The summed E-state index contributed by atoms with van der Waals surface area (Å²) in [5.74, 6) is 0.145. The molecule has 3 atom stereocenters. The Bertz CT molecular complexity index is 1120. The van der Waals surface area contributed by atoms with Gasteiger partial charge in [0.1, 0.15) is 17.3 Å². The predicted octanol–water partition coefficient (Wildman–Crippen LogP) is 2.76. The number of hydrogen-bond acceptors (Lipinski definition) is 6. The van der Waals surface area contributed by atoms with Crippen molar-refractivity contribution in [2.24, 2.45) is 11.8 Å². The number of nitrogens with one attached hydrogen (secondary N) is 2. The number of piperidine rings is 1. The summed E-state index contributed by atoms with van der Waals surface area (Å²) in [6.45, 7) is 4.15. The van der Waals surface area contributed by atoms with E-state index in [-0.39, 0.29) is 6.10 Å². The summed E-state index contributed by atoms with van der Waals surface area (Å²) in [4.78, 5) is 18.8. The first-order chi connectivity index (χ1) is 15.4. The number of rotatable bonds is 5. The summed E-state index contributed by atoms with van der Waals surface area (Å²) in [6, 6.07) is 10.8. The third kappa shape index (κ3) is 3.31. The molecular formula is C23H22FN5O2S. The van der Waals surface area contributed by atoms with Gasteiger partial charge in [-0.25, -0.2) is 9.18 Å². The van der Waals surface area contributed by atoms with Gasteiger partial charge in [0.15, 0.2) is 0 Å². The van der Waals surface area contributed by atoms with Gasteiger partial charge >= 0.3 is 6.09 Å². The molecule has 9 heteroatoms. The van der Waals surface area contributed by atoms with Crippen LogP contribution in [0.2, 0.25) is 0 Å². The number of ether oxygens (including phenoxy) is 1. The number of carbonyl (C=O) groups excluding carboxylic acids is 1. The zero-order valence-electron chi connectivity index (χ0n) is 17.5. The maximum absolute atomic E-state index is 15.0. The number of halogens is 1. The van der Waals surface area contributed by atoms with Crippen LogP contribution in [0.4, 0.5) is 14.9 Å². The highest BCUT2D eigenvalue weighted by Gasteiger charge is 2.69. The number of anilines is 1. The third-order valence-electron chi connectivity index (χ3n) is 6.68. The van der Waals surface area contributed by atoms with E-state index in [1.54, 1.807) is 31.3 Å². The lowest BCUT2D eigenvalue weighted by Crippen LogP contribution is -2.32. The molecule has 2 aromatic rings. The van der Waals surface area contributed by atoms with E-state index in [2.05, 4.69) is 21.7 Å². The molecule has 1 aromatic heterocycles. The number of thiocarbonyl (C=S) groups is 1. The van der Waals surface area contributed by atoms with Crippen molar-refractivity contribution in [3.63, 3.8) is 0 Å². The number of benzene rings is 1. The monoisotopic (exact) mass is 451 g/mol. The molecule has 2 N–H and O–H groups in total. The van der Waals surface area contributed by atoms with Crippen molar-refractivity contribution in [1.29, 1.82) is 5.26 Å². The highest BCUT2D eigenvalue weighted by Crippen LogP contribution is 2.60. The molecule has 1 saturated carbocycles. The Balaban J connectivity index is 1.32. The fraction of sp³-hybridized carbons (Fsp3) is 0.391. The predicted molar refractivity (Wildman–Crippen MR) is 121 cm³/mol. The van der Waals surface area contributed by atoms with Crippen LogP contribution < -0.4 is 15.5 Å². The van der Waals surface area contributed by atoms with E-state index in [4.69, 9.17) is 17.0 Å². The van der Waals surface area contributed by atoms with Gasteiger partial charge < -0.3 is 15.4 Å². The maximum atomic E-state index is 15.0. The molecule has 2 unspecified atom stereocenters. The Hall–Kier alpha value is -3.09. The summed E-state index contributed by atoms with van der Waals surface area (Å²) in [6.07, 6.45) is 0.751. The topological polar surface area (TPSA) is 90.3 Å². The van der Waals surface area contributed by atoms with E-state index in [0.717, 1.165) is 18.8 Å². The van der Waals surface area contributed by atoms with Crippen LogP contribution in [0.1, 0.15) is 12.6 Å². The smallest absolute Gasteiger partial charge is 0.414 e. The number of fused-ring (bicyclic) bond motifs is 1. The molecule has 0 spiro atoms. The molecule has 3 aliphatic rings. The van der Waals surface area contributed by atoms with Gasteiger partial charge in [0.05, 0.1) is 35.5 Å². The van der Waals surface area contributed by atoms with E-state index in [1.807, 2.05) is 6.07 Å². The zero-order valence-corrected chi connectivity index (χ0v) is 18.3. The maximum Gasteiger partial charge on any atom is 0.414 e. The first kappa shape index (κ1) is 20.8. The SMILES string of the molecule is CC(=S)NC[C@H]1CN(c2ccc(-c3ccc(C4(C#N)C5CNCC54)nc3)c(F)c2)C(=O)O1. The number of nitrogens with zero attached hydrogens (tertiary/aromatic N) is 3. The second kappa shape index (κ2) is 7.80. The van der Waals surface area contributed by atoms with Crippen molar-refractivity contribution in [3.8, 4) is 17.2 Å². The van der Waals surface area contributed by atoms with Crippen molar-refractivity contribution in [2.75, 3.05) is 31.1 Å². The molecule has 0 radical (unpaired) electrons. The van der Waals surface area contributed by atoms with Gasteiger partial charge in [-0.2, -0.15) is 5.26 Å². The van der Waals surface area contributed by atoms with E-state index >= 15 is 0 Å². The number of amides is 1. The van der Waals surface area contributed by atoms with E-state index < -0.39 is 17.3 Å². The second-order valence-corrected chi connectivity index (χ2v) is 9.11. The van der Waals surface area contributed by atoms with Gasteiger partial charge in [-0.1, -0.05) is 18.3 Å². The molecule has 2 saturated heterocycles. The van der Waals surface area contributed by atoms with Gasteiger partial charge in [0.2, 0.25) is 0 Å². The molecule has 0 bridgehead atoms. The van der Waals surface area contributed by atoms with Gasteiger partial charge in [-0.3, -0.25) is 9.88 Å². The Labute approximate surface area is 190 Å². The molecular weight excluding hydrogens is 429 g/mol. The quantitative estimate of drug-likeness (QED) is 0.676. The highest BCUT2D eigenvalue weighted by atomic mass is 32.1. The van der Waals surface area contributed by atoms with Crippen LogP contribution in [-0.2, 0) is 10.2 Å². The molecule has 5 rings (SSSR count). The van der Waals surface area contributed by atoms with Crippen molar-refractivity contribution in [2.45, 2.75) is 18.4 Å². The van der Waals surface area contributed by atoms with Gasteiger partial charge in [-0.15, -0.1) is 0 Å². The molecule has 1 aromatic carbocycles. The number of carbonyl (C=O) groups is 1. The molecule has 2 aliphatic heterocycles. The number of nitriles is 1. The van der Waals surface area contributed by atoms with Crippen molar-refractivity contribution < 1.29 is 13.9 Å². The number of aromatic nitrogens is 1. The van der Waals surface area contributed by atoms with Gasteiger partial charge in [-0.05, 0) is 31.2 Å². The Morgan fingerprint density at radius 1 is 1.41 bits per heavy atom. The number of hydrogen-bond donors (Lipinski definition) is 2. The lowest BCUT2D eigenvalue weighted by Gasteiger charge is -2.15. The van der Waals surface area contributed by atoms with Crippen LogP contribution in [-0.4, -0.2) is 48.3 Å². The molecule has 164 valence electrons. The van der Waals surface area contributed by atoms with Crippen LogP contribution in [0, 0.1) is 29.0 Å². The highest BCUT2D eigenvalue weighted by molar-refractivity contribution is 7.80. The van der Waals surface area contributed by atoms with E-state index in [9.17, 15) is 14.4 Å². The summed E-state index contributed by atoms with van der Waals surface area (Å²) in [5.41, 5.74) is 1.68. The minimum atomic E-state index is -0.519. The summed E-state index contributed by atoms with van der Waals surface area (Å²) >= 11 is 4.98. The molecule has 32 heavy (non-hydrogen) atoms. The summed E-state index contributed by atoms with van der Waals surface area (Å²) < 4.78 is 20.3. The molecule has 3 fully saturated rings. The Kier molecular flexibility index (Phi) is 5.07. The zero-order chi connectivity index (χ0) is 22.5. The Morgan fingerprint density at radius 2 is 2.19 bits per heavy atom. The largest absolute Gasteiger partial charge is 0.442 e. The van der Waals surface area contributed by atoms with Crippen LogP contribution in [0.15, 0.2) is 36.5 Å². The standard InChI is InChI=1S/C23H22FN5O2S/c1-13(32)27-8-16-11-29(22(30)31-16)15-3-4-17(20(24)6-15)14-2-5-21(28-7-14)23(12-25)18-9-26-10-19(18)23/h2-7,16,18-19,26H,8-11H2,1H3,(H,27,32)/t16-,18?,19?,23?/m0/s1. The average molecular weight is 452 g/mol. The fourth-order valence-corrected chi connectivity index (χ4v) is 5.03. The average Bonchev–Trinajstić information content (AvgIpc) is 3.09. The van der Waals surface area contributed by atoms with Crippen LogP contribution >= 0.6 is 12.2 Å². The van der Waals surface area contributed by atoms with Crippen LogP contribution in [0.5, 0.6) is 0 Å². The minimum absolute atomic E-state index is 0.300. The van der Waals surface area contributed by atoms with Crippen molar-refractivity contribution >= 4 is 29.0 Å². The molecule has 1 amide bonds. The fourth-order valence-electron chi connectivity index (χ4n) is 4.94. The lowest BCUT2D eigenvalue weighted by molar-refractivity contribution is 0.143. The third-order valence-corrected chi connectivity index (χ3v) is 6.82. The first-order valence-corrected chi connectivity index (χ1v) is 11.0. The van der Waals surface area contributed by atoms with Gasteiger partial charge in [0.25, 0.3) is 0 Å². The van der Waals surface area contributed by atoms with E-state index in [1.165, 1.54) is 11.0 Å². The molecule has 7 nitrogen and oxygen atoms in total. The lowest BCUT2D eigenvalue weighted by atomic mass is 9.96. The van der Waals surface area contributed by atoms with Crippen LogP contribution in [0.25, 0.3) is 11.1 Å². The minimum Gasteiger partial charge on any atom is -0.442 e. The van der Waals surface area contributed by atoms with Crippen LogP contribution in [0.3, 0.4) is 0 Å². The van der Waals surface area contributed by atoms with Gasteiger partial charge in [0, 0.05) is 42.2 Å². The second-order valence-electron chi connectivity index (χ2n) is 8.50. The van der Waals surface area contributed by atoms with E-state index in [0.29, 0.717) is 46.7 Å². The summed E-state index contributed by atoms with van der Waals surface area (Å²) in [5, 5.41) is 16.0. The number of cyclic esters (lactones) is 1.